The van der Waals surface area contributed by atoms with Gasteiger partial charge in [0.1, 0.15) is 5.78 Å². The molecule has 2 N–H and O–H groups in total. The number of allylic oxidation sites excluding steroid dienone is 2. The van der Waals surface area contributed by atoms with Crippen LogP contribution in [0, 0.1) is 23.2 Å². The third-order valence-electron chi connectivity index (χ3n) is 6.07. The maximum Gasteiger partial charge on any atom is 0.229 e. The molecule has 1 amide bonds. The first kappa shape index (κ1) is 18.0. The highest BCUT2D eigenvalue weighted by Crippen LogP contribution is 2.43. The van der Waals surface area contributed by atoms with Gasteiger partial charge in [0, 0.05) is 30.1 Å². The van der Waals surface area contributed by atoms with Gasteiger partial charge in [-0.3, -0.25) is 9.59 Å². The average molecular weight is 342 g/mol. The molecule has 0 aromatic heterocycles. The Morgan fingerprint density at radius 3 is 2.80 bits per heavy atom. The molecule has 25 heavy (non-hydrogen) atoms. The number of carbonyl (C=O) groups is 2. The van der Waals surface area contributed by atoms with Crippen LogP contribution in [0.3, 0.4) is 0 Å². The average Bonchev–Trinajstić information content (AvgIpc) is 2.54. The summed E-state index contributed by atoms with van der Waals surface area (Å²) in [7, 11) is 0. The molecule has 0 aromatic carbocycles. The zero-order chi connectivity index (χ0) is 18.4. The van der Waals surface area contributed by atoms with Gasteiger partial charge in [-0.15, -0.1) is 6.58 Å². The molecule has 4 nitrogen and oxygen atoms in total. The molecule has 0 bridgehead atoms. The third-order valence-corrected chi connectivity index (χ3v) is 6.07. The maximum atomic E-state index is 12.9. The Morgan fingerprint density at radius 2 is 2.12 bits per heavy atom. The van der Waals surface area contributed by atoms with E-state index in [4.69, 9.17) is 0 Å². The summed E-state index contributed by atoms with van der Waals surface area (Å²) in [6, 6.07) is 0.349. The van der Waals surface area contributed by atoms with E-state index in [1.54, 1.807) is 6.08 Å². The quantitative estimate of drug-likeness (QED) is 0.775. The van der Waals surface area contributed by atoms with Crippen molar-refractivity contribution in [1.82, 2.24) is 10.6 Å². The summed E-state index contributed by atoms with van der Waals surface area (Å²) in [5.41, 5.74) is 1.71. The smallest absolute Gasteiger partial charge is 0.229 e. The van der Waals surface area contributed by atoms with Crippen LogP contribution in [0.2, 0.25) is 0 Å². The fourth-order valence-electron chi connectivity index (χ4n) is 4.47. The van der Waals surface area contributed by atoms with Gasteiger partial charge in [-0.25, -0.2) is 0 Å². The molecule has 5 unspecified atom stereocenters. The van der Waals surface area contributed by atoms with Gasteiger partial charge in [0.25, 0.3) is 0 Å². The van der Waals surface area contributed by atoms with Gasteiger partial charge >= 0.3 is 0 Å². The van der Waals surface area contributed by atoms with Crippen LogP contribution in [0.15, 0.2) is 36.1 Å². The maximum absolute atomic E-state index is 12.9. The van der Waals surface area contributed by atoms with Gasteiger partial charge in [0.15, 0.2) is 0 Å². The van der Waals surface area contributed by atoms with Crippen LogP contribution >= 0.6 is 0 Å². The van der Waals surface area contributed by atoms with Crippen LogP contribution in [0.4, 0.5) is 0 Å². The van der Waals surface area contributed by atoms with Crippen molar-refractivity contribution < 1.29 is 9.59 Å². The molecule has 3 rings (SSSR count). The van der Waals surface area contributed by atoms with Crippen molar-refractivity contribution in [1.29, 1.82) is 0 Å². The normalized spacial score (nSPS) is 34.7. The van der Waals surface area contributed by atoms with Crippen LogP contribution in [-0.4, -0.2) is 23.8 Å². The Labute approximate surface area is 150 Å². The highest BCUT2D eigenvalue weighted by Gasteiger charge is 2.44. The predicted molar refractivity (Wildman–Crippen MR) is 99.7 cm³/mol. The van der Waals surface area contributed by atoms with Crippen LogP contribution < -0.4 is 10.6 Å². The number of carbonyl (C=O) groups excluding carboxylic acids is 2. The zero-order valence-electron chi connectivity index (χ0n) is 15.8. The highest BCUT2D eigenvalue weighted by atomic mass is 16.2. The highest BCUT2D eigenvalue weighted by molar-refractivity contribution is 5.88. The number of nitrogens with one attached hydrogen (secondary N) is 2. The topological polar surface area (TPSA) is 58.2 Å². The molecule has 3 aliphatic rings. The van der Waals surface area contributed by atoms with E-state index in [1.807, 2.05) is 13.8 Å². The lowest BCUT2D eigenvalue weighted by Crippen LogP contribution is -2.52. The van der Waals surface area contributed by atoms with Crippen LogP contribution in [0.25, 0.3) is 0 Å². The van der Waals surface area contributed by atoms with Crippen molar-refractivity contribution in [3.05, 3.63) is 36.1 Å². The summed E-state index contributed by atoms with van der Waals surface area (Å²) in [4.78, 5) is 25.4. The number of piperidine rings is 1. The largest absolute Gasteiger partial charge is 0.385 e. The number of fused-ring (bicyclic) bond motifs is 2. The van der Waals surface area contributed by atoms with Gasteiger partial charge < -0.3 is 10.6 Å². The SMILES string of the molecule is C=CC(C)(C)C(=O)NC1CC=CC2=C3NC(C)CC(C)C3C(=O)CC21. The van der Waals surface area contributed by atoms with E-state index >= 15 is 0 Å². The second kappa shape index (κ2) is 6.47. The summed E-state index contributed by atoms with van der Waals surface area (Å²) in [5.74, 6) is 0.716. The lowest BCUT2D eigenvalue weighted by molar-refractivity contribution is -0.130. The molecule has 0 saturated carbocycles. The van der Waals surface area contributed by atoms with Gasteiger partial charge in [0.05, 0.1) is 11.3 Å². The minimum absolute atomic E-state index is 0.00818. The van der Waals surface area contributed by atoms with Gasteiger partial charge in [-0.2, -0.15) is 0 Å². The van der Waals surface area contributed by atoms with E-state index in [-0.39, 0.29) is 23.8 Å². The number of hydrogen-bond acceptors (Lipinski definition) is 3. The van der Waals surface area contributed by atoms with Gasteiger partial charge in [0.2, 0.25) is 5.91 Å². The van der Waals surface area contributed by atoms with Gasteiger partial charge in [-0.1, -0.05) is 25.2 Å². The van der Waals surface area contributed by atoms with E-state index in [2.05, 4.69) is 43.2 Å². The predicted octanol–water partition coefficient (Wildman–Crippen LogP) is 3.12. The second-order valence-electron chi connectivity index (χ2n) is 8.53. The van der Waals surface area contributed by atoms with Gasteiger partial charge in [-0.05, 0) is 45.1 Å². The Bertz CT molecular complexity index is 659. The Balaban J connectivity index is 1.91. The lowest BCUT2D eigenvalue weighted by atomic mass is 9.67. The summed E-state index contributed by atoms with van der Waals surface area (Å²) in [5, 5.41) is 6.74. The molecule has 1 saturated heterocycles. The van der Waals surface area contributed by atoms with Crippen molar-refractivity contribution in [3.63, 3.8) is 0 Å². The van der Waals surface area contributed by atoms with Crippen LogP contribution in [0.5, 0.6) is 0 Å². The van der Waals surface area contributed by atoms with E-state index in [0.29, 0.717) is 24.2 Å². The summed E-state index contributed by atoms with van der Waals surface area (Å²) < 4.78 is 0. The summed E-state index contributed by atoms with van der Waals surface area (Å²) in [6.45, 7) is 11.8. The number of rotatable bonds is 3. The first-order valence-electron chi connectivity index (χ1n) is 9.39. The van der Waals surface area contributed by atoms with Crippen molar-refractivity contribution in [3.8, 4) is 0 Å². The lowest BCUT2D eigenvalue weighted by Gasteiger charge is -2.44. The number of Topliss-reactive ketones (excluding diaryl/α,β-unsaturated/α-hetero) is 1. The van der Waals surface area contributed by atoms with Crippen molar-refractivity contribution >= 4 is 11.7 Å². The molecule has 4 heteroatoms. The molecular formula is C21H30N2O2. The zero-order valence-corrected chi connectivity index (χ0v) is 15.8. The molecule has 1 fully saturated rings. The molecule has 1 aliphatic heterocycles. The number of hydrogen-bond donors (Lipinski definition) is 2. The Kier molecular flexibility index (Phi) is 4.65. The van der Waals surface area contributed by atoms with Crippen molar-refractivity contribution in [2.24, 2.45) is 23.2 Å². The molecule has 2 aliphatic carbocycles. The van der Waals surface area contributed by atoms with Crippen molar-refractivity contribution in [2.75, 3.05) is 0 Å². The number of ketones is 1. The third kappa shape index (κ3) is 3.19. The summed E-state index contributed by atoms with van der Waals surface area (Å²) in [6.07, 6.45) is 8.28. The molecule has 0 spiro atoms. The molecule has 5 atom stereocenters. The molecule has 0 aromatic rings. The molecule has 136 valence electrons. The van der Waals surface area contributed by atoms with E-state index in [1.165, 1.54) is 5.57 Å². The Morgan fingerprint density at radius 1 is 1.40 bits per heavy atom. The first-order valence-corrected chi connectivity index (χ1v) is 9.39. The van der Waals surface area contributed by atoms with Crippen LogP contribution in [-0.2, 0) is 9.59 Å². The molecule has 1 heterocycles. The van der Waals surface area contributed by atoms with Crippen LogP contribution in [0.1, 0.15) is 47.0 Å². The standard InChI is InChI=1S/C21H30N2O2/c1-6-21(4,5)20(25)23-16-9-7-8-14-15(16)11-17(24)18-12(2)10-13(3)22-19(14)18/h6-8,12-13,15-16,18,22H,1,9-11H2,2-5H3,(H,23,25). The Hall–Kier alpha value is -1.84. The monoisotopic (exact) mass is 342 g/mol. The minimum Gasteiger partial charge on any atom is -0.385 e. The molecule has 0 radical (unpaired) electrons. The first-order chi connectivity index (χ1) is 11.7. The number of amides is 1. The fraction of sp³-hybridized carbons (Fsp3) is 0.619. The minimum atomic E-state index is -0.609. The fourth-order valence-corrected chi connectivity index (χ4v) is 4.47. The van der Waals surface area contributed by atoms with Crippen molar-refractivity contribution in [2.45, 2.75) is 59.0 Å². The second-order valence-corrected chi connectivity index (χ2v) is 8.53. The summed E-state index contributed by atoms with van der Waals surface area (Å²) >= 11 is 0. The van der Waals surface area contributed by atoms with E-state index < -0.39 is 5.41 Å². The van der Waals surface area contributed by atoms with E-state index in [0.717, 1.165) is 18.5 Å². The molecular weight excluding hydrogens is 312 g/mol. The van der Waals surface area contributed by atoms with E-state index in [9.17, 15) is 9.59 Å².